The Morgan fingerprint density at radius 3 is 2.53 bits per heavy atom. The van der Waals surface area contributed by atoms with Gasteiger partial charge < -0.3 is 10.0 Å². The van der Waals surface area contributed by atoms with Crippen LogP contribution in [-0.4, -0.2) is 28.5 Å². The van der Waals surface area contributed by atoms with Crippen LogP contribution < -0.4 is 0 Å². The summed E-state index contributed by atoms with van der Waals surface area (Å²) in [4.78, 5) is 14.7. The first-order chi connectivity index (χ1) is 9.25. The van der Waals surface area contributed by atoms with Crippen LogP contribution in [0.4, 0.5) is 0 Å². The molecule has 2 aliphatic rings. The number of nitrogens with zero attached hydrogens (tertiary/aromatic N) is 1. The largest absolute Gasteiger partial charge is 0.508 e. The third-order valence-electron chi connectivity index (χ3n) is 4.62. The fourth-order valence-corrected chi connectivity index (χ4v) is 3.65. The zero-order chi connectivity index (χ0) is 13.2. The average molecular weight is 259 g/mol. The smallest absolute Gasteiger partial charge is 0.254 e. The summed E-state index contributed by atoms with van der Waals surface area (Å²) in [6.45, 7) is 0.890. The normalized spacial score (nSPS) is 26.8. The van der Waals surface area contributed by atoms with E-state index in [-0.39, 0.29) is 11.7 Å². The van der Waals surface area contributed by atoms with E-state index in [1.165, 1.54) is 25.7 Å². The van der Waals surface area contributed by atoms with E-state index < -0.39 is 0 Å². The van der Waals surface area contributed by atoms with Gasteiger partial charge in [-0.2, -0.15) is 0 Å². The number of phenolic OH excluding ortho intramolecular Hbond substituents is 1. The Labute approximate surface area is 114 Å². The van der Waals surface area contributed by atoms with E-state index in [1.807, 2.05) is 0 Å². The van der Waals surface area contributed by atoms with Crippen LogP contribution in [0.25, 0.3) is 0 Å². The number of fused-ring (bicyclic) bond motifs is 1. The molecular weight excluding hydrogens is 238 g/mol. The van der Waals surface area contributed by atoms with E-state index in [0.29, 0.717) is 17.5 Å². The molecule has 0 bridgehead atoms. The SMILES string of the molecule is O=C(c1ccc(O)cc1)N1CCCC2CCCCC21. The zero-order valence-corrected chi connectivity index (χ0v) is 11.2. The molecule has 1 aromatic carbocycles. The van der Waals surface area contributed by atoms with Crippen molar-refractivity contribution in [1.82, 2.24) is 4.90 Å². The molecule has 102 valence electrons. The van der Waals surface area contributed by atoms with Crippen molar-refractivity contribution in [1.29, 1.82) is 0 Å². The first kappa shape index (κ1) is 12.5. The minimum atomic E-state index is 0.136. The number of aromatic hydroxyl groups is 1. The molecule has 19 heavy (non-hydrogen) atoms. The fourth-order valence-electron chi connectivity index (χ4n) is 3.65. The van der Waals surface area contributed by atoms with Crippen LogP contribution in [0.2, 0.25) is 0 Å². The molecule has 1 aliphatic heterocycles. The molecule has 3 rings (SSSR count). The van der Waals surface area contributed by atoms with Crippen molar-refractivity contribution in [3.05, 3.63) is 29.8 Å². The molecule has 1 aliphatic carbocycles. The molecule has 0 aromatic heterocycles. The van der Waals surface area contributed by atoms with Crippen LogP contribution in [0, 0.1) is 5.92 Å². The molecule has 3 nitrogen and oxygen atoms in total. The van der Waals surface area contributed by atoms with Gasteiger partial charge in [-0.1, -0.05) is 12.8 Å². The second kappa shape index (κ2) is 5.24. The predicted molar refractivity (Wildman–Crippen MR) is 74.1 cm³/mol. The highest BCUT2D eigenvalue weighted by atomic mass is 16.3. The van der Waals surface area contributed by atoms with Crippen LogP contribution in [0.15, 0.2) is 24.3 Å². The number of hydrogen-bond donors (Lipinski definition) is 1. The van der Waals surface area contributed by atoms with E-state index >= 15 is 0 Å². The molecule has 1 amide bonds. The Morgan fingerprint density at radius 1 is 1.05 bits per heavy atom. The lowest BCUT2D eigenvalue weighted by atomic mass is 9.78. The van der Waals surface area contributed by atoms with Gasteiger partial charge in [-0.3, -0.25) is 4.79 Å². The molecule has 1 heterocycles. The monoisotopic (exact) mass is 259 g/mol. The quantitative estimate of drug-likeness (QED) is 0.841. The molecule has 1 saturated heterocycles. The summed E-state index contributed by atoms with van der Waals surface area (Å²) in [5, 5.41) is 9.31. The number of piperidine rings is 1. The van der Waals surface area contributed by atoms with Crippen LogP contribution in [0.3, 0.4) is 0 Å². The molecule has 2 unspecified atom stereocenters. The van der Waals surface area contributed by atoms with Crippen molar-refractivity contribution < 1.29 is 9.90 Å². The van der Waals surface area contributed by atoms with Gasteiger partial charge in [0, 0.05) is 18.2 Å². The number of likely N-dealkylation sites (tertiary alicyclic amines) is 1. The standard InChI is InChI=1S/C16H21NO2/c18-14-9-7-13(8-10-14)16(19)17-11-3-5-12-4-1-2-6-15(12)17/h7-10,12,15,18H,1-6,11H2. The fraction of sp³-hybridized carbons (Fsp3) is 0.562. The van der Waals surface area contributed by atoms with E-state index in [4.69, 9.17) is 0 Å². The summed E-state index contributed by atoms with van der Waals surface area (Å²) in [7, 11) is 0. The summed E-state index contributed by atoms with van der Waals surface area (Å²) < 4.78 is 0. The Kier molecular flexibility index (Phi) is 3.45. The lowest BCUT2D eigenvalue weighted by Crippen LogP contribution is -2.49. The highest BCUT2D eigenvalue weighted by Gasteiger charge is 2.35. The average Bonchev–Trinajstić information content (AvgIpc) is 2.47. The Morgan fingerprint density at radius 2 is 1.74 bits per heavy atom. The van der Waals surface area contributed by atoms with Crippen LogP contribution in [-0.2, 0) is 0 Å². The maximum absolute atomic E-state index is 12.6. The van der Waals surface area contributed by atoms with Crippen LogP contribution in [0.1, 0.15) is 48.9 Å². The molecule has 1 N–H and O–H groups in total. The second-order valence-electron chi connectivity index (χ2n) is 5.80. The number of amides is 1. The number of hydrogen-bond acceptors (Lipinski definition) is 2. The van der Waals surface area contributed by atoms with E-state index in [9.17, 15) is 9.90 Å². The summed E-state index contributed by atoms with van der Waals surface area (Å²) in [5.41, 5.74) is 0.698. The maximum atomic E-state index is 12.6. The van der Waals surface area contributed by atoms with Crippen LogP contribution in [0.5, 0.6) is 5.75 Å². The van der Waals surface area contributed by atoms with Crippen molar-refractivity contribution in [3.63, 3.8) is 0 Å². The van der Waals surface area contributed by atoms with Crippen molar-refractivity contribution in [3.8, 4) is 5.75 Å². The molecule has 1 aromatic rings. The van der Waals surface area contributed by atoms with Gasteiger partial charge in [0.25, 0.3) is 5.91 Å². The van der Waals surface area contributed by atoms with E-state index in [0.717, 1.165) is 19.4 Å². The van der Waals surface area contributed by atoms with Crippen molar-refractivity contribution >= 4 is 5.91 Å². The third-order valence-corrected chi connectivity index (χ3v) is 4.62. The number of rotatable bonds is 1. The molecular formula is C16H21NO2. The first-order valence-corrected chi connectivity index (χ1v) is 7.36. The minimum Gasteiger partial charge on any atom is -0.508 e. The summed E-state index contributed by atoms with van der Waals surface area (Å²) in [5.74, 6) is 1.06. The Balaban J connectivity index is 1.79. The van der Waals surface area contributed by atoms with Crippen LogP contribution >= 0.6 is 0 Å². The Hall–Kier alpha value is -1.51. The lowest BCUT2D eigenvalue weighted by molar-refractivity contribution is 0.0390. The zero-order valence-electron chi connectivity index (χ0n) is 11.2. The lowest BCUT2D eigenvalue weighted by Gasteiger charge is -2.44. The van der Waals surface area contributed by atoms with Crippen molar-refractivity contribution in [2.75, 3.05) is 6.54 Å². The maximum Gasteiger partial charge on any atom is 0.254 e. The molecule has 3 heteroatoms. The third kappa shape index (κ3) is 2.46. The van der Waals surface area contributed by atoms with Gasteiger partial charge in [0.2, 0.25) is 0 Å². The molecule has 2 atom stereocenters. The summed E-state index contributed by atoms with van der Waals surface area (Å²) in [6, 6.07) is 7.09. The predicted octanol–water partition coefficient (Wildman–Crippen LogP) is 3.19. The highest BCUT2D eigenvalue weighted by molar-refractivity contribution is 5.94. The van der Waals surface area contributed by atoms with Gasteiger partial charge in [-0.15, -0.1) is 0 Å². The van der Waals surface area contributed by atoms with E-state index in [1.54, 1.807) is 24.3 Å². The molecule has 0 spiro atoms. The van der Waals surface area contributed by atoms with Gasteiger partial charge in [-0.25, -0.2) is 0 Å². The highest BCUT2D eigenvalue weighted by Crippen LogP contribution is 2.35. The van der Waals surface area contributed by atoms with Gasteiger partial charge >= 0.3 is 0 Å². The second-order valence-corrected chi connectivity index (χ2v) is 5.80. The van der Waals surface area contributed by atoms with E-state index in [2.05, 4.69) is 4.90 Å². The van der Waals surface area contributed by atoms with Crippen molar-refractivity contribution in [2.24, 2.45) is 5.92 Å². The molecule has 2 fully saturated rings. The van der Waals surface area contributed by atoms with Crippen molar-refractivity contribution in [2.45, 2.75) is 44.6 Å². The minimum absolute atomic E-state index is 0.136. The van der Waals surface area contributed by atoms with Gasteiger partial charge in [-0.05, 0) is 55.9 Å². The molecule has 0 radical (unpaired) electrons. The Bertz CT molecular complexity index is 452. The van der Waals surface area contributed by atoms with Gasteiger partial charge in [0.15, 0.2) is 0 Å². The number of carbonyl (C=O) groups is 1. The molecule has 1 saturated carbocycles. The number of carbonyl (C=O) groups excluding carboxylic acids is 1. The van der Waals surface area contributed by atoms with Gasteiger partial charge in [0.1, 0.15) is 5.75 Å². The summed E-state index contributed by atoms with van der Waals surface area (Å²) in [6.07, 6.45) is 7.43. The number of phenols is 1. The topological polar surface area (TPSA) is 40.5 Å². The van der Waals surface area contributed by atoms with Gasteiger partial charge in [0.05, 0.1) is 0 Å². The summed E-state index contributed by atoms with van der Waals surface area (Å²) >= 11 is 0. The first-order valence-electron chi connectivity index (χ1n) is 7.36. The number of benzene rings is 1.